The number of hydrogen-bond acceptors (Lipinski definition) is 4. The molecule has 0 aliphatic heterocycles. The number of hydrogen-bond donors (Lipinski definition) is 1. The molecule has 0 bridgehead atoms. The Balaban J connectivity index is 2.34. The molecule has 2 rings (SSSR count). The molecule has 110 valence electrons. The number of primary amides is 1. The van der Waals surface area contributed by atoms with Crippen molar-refractivity contribution in [2.24, 2.45) is 5.73 Å². The third-order valence-electron chi connectivity index (χ3n) is 3.60. The van der Waals surface area contributed by atoms with Crippen molar-refractivity contribution in [2.45, 2.75) is 51.5 Å². The van der Waals surface area contributed by atoms with Gasteiger partial charge in [-0.05, 0) is 12.8 Å². The highest BCUT2D eigenvalue weighted by Gasteiger charge is 2.26. The molecular weight excluding hydrogens is 276 g/mol. The summed E-state index contributed by atoms with van der Waals surface area (Å²) in [7, 11) is 0. The van der Waals surface area contributed by atoms with Crippen LogP contribution in [0, 0.1) is 0 Å². The number of nitrogens with two attached hydrogens (primary N) is 1. The first kappa shape index (κ1) is 15.0. The zero-order valence-corrected chi connectivity index (χ0v) is 12.7. The van der Waals surface area contributed by atoms with Crippen molar-refractivity contribution in [1.29, 1.82) is 0 Å². The molecule has 0 saturated heterocycles. The van der Waals surface area contributed by atoms with Gasteiger partial charge in [0, 0.05) is 18.0 Å². The summed E-state index contributed by atoms with van der Waals surface area (Å²) in [5.74, 6) is 1.24. The van der Waals surface area contributed by atoms with E-state index in [1.807, 2.05) is 18.7 Å². The van der Waals surface area contributed by atoms with E-state index in [-0.39, 0.29) is 18.4 Å². The molecular formula is C14H21ClN4O. The van der Waals surface area contributed by atoms with E-state index in [0.29, 0.717) is 22.8 Å². The highest BCUT2D eigenvalue weighted by Crippen LogP contribution is 2.28. The summed E-state index contributed by atoms with van der Waals surface area (Å²) in [6.07, 6.45) is 4.48. The monoisotopic (exact) mass is 296 g/mol. The molecule has 1 aliphatic rings. The Morgan fingerprint density at radius 1 is 1.45 bits per heavy atom. The molecule has 6 heteroatoms. The summed E-state index contributed by atoms with van der Waals surface area (Å²) in [6, 6.07) is 2.03. The fraction of sp³-hybridized carbons (Fsp3) is 0.643. The molecule has 20 heavy (non-hydrogen) atoms. The lowest BCUT2D eigenvalue weighted by molar-refractivity contribution is -0.116. The Morgan fingerprint density at radius 2 is 2.10 bits per heavy atom. The molecule has 5 nitrogen and oxygen atoms in total. The van der Waals surface area contributed by atoms with Crippen LogP contribution in [-0.2, 0) is 4.79 Å². The summed E-state index contributed by atoms with van der Waals surface area (Å²) < 4.78 is 0. The number of anilines is 1. The van der Waals surface area contributed by atoms with Gasteiger partial charge in [0.1, 0.15) is 16.8 Å². The quantitative estimate of drug-likeness (QED) is 0.847. The van der Waals surface area contributed by atoms with E-state index in [2.05, 4.69) is 9.97 Å². The second kappa shape index (κ2) is 6.39. The standard InChI is InChI=1S/C14H21ClN4O/c1-9(2)14-17-11(15)7-13(18-14)19(8-12(16)20)10-5-3-4-6-10/h7,9-10H,3-6,8H2,1-2H3,(H2,16,20). The second-order valence-corrected chi connectivity index (χ2v) is 5.98. The van der Waals surface area contributed by atoms with Gasteiger partial charge in [0.2, 0.25) is 5.91 Å². The summed E-state index contributed by atoms with van der Waals surface area (Å²) in [4.78, 5) is 22.1. The van der Waals surface area contributed by atoms with Crippen LogP contribution in [0.15, 0.2) is 6.07 Å². The highest BCUT2D eigenvalue weighted by molar-refractivity contribution is 6.29. The lowest BCUT2D eigenvalue weighted by Gasteiger charge is -2.29. The van der Waals surface area contributed by atoms with Crippen LogP contribution in [0.25, 0.3) is 0 Å². The Labute approximate surface area is 124 Å². The van der Waals surface area contributed by atoms with Gasteiger partial charge in [0.25, 0.3) is 0 Å². The molecule has 1 saturated carbocycles. The summed E-state index contributed by atoms with van der Waals surface area (Å²) in [5, 5.41) is 0.408. The maximum atomic E-state index is 11.3. The van der Waals surface area contributed by atoms with Crippen LogP contribution in [0.5, 0.6) is 0 Å². The Kier molecular flexibility index (Phi) is 4.81. The first-order chi connectivity index (χ1) is 9.47. The minimum absolute atomic E-state index is 0.176. The zero-order chi connectivity index (χ0) is 14.7. The van der Waals surface area contributed by atoms with Crippen molar-refractivity contribution in [2.75, 3.05) is 11.4 Å². The van der Waals surface area contributed by atoms with Crippen molar-refractivity contribution < 1.29 is 4.79 Å². The molecule has 1 heterocycles. The summed E-state index contributed by atoms with van der Waals surface area (Å²) >= 11 is 6.09. The van der Waals surface area contributed by atoms with Gasteiger partial charge in [-0.1, -0.05) is 38.3 Å². The Morgan fingerprint density at radius 3 is 2.65 bits per heavy atom. The van der Waals surface area contributed by atoms with Crippen LogP contribution in [0.4, 0.5) is 5.82 Å². The normalized spacial score (nSPS) is 15.8. The fourth-order valence-corrected chi connectivity index (χ4v) is 2.79. The number of rotatable bonds is 5. The molecule has 1 amide bonds. The predicted molar refractivity (Wildman–Crippen MR) is 79.9 cm³/mol. The van der Waals surface area contributed by atoms with E-state index in [4.69, 9.17) is 17.3 Å². The summed E-state index contributed by atoms with van der Waals surface area (Å²) in [6.45, 7) is 4.21. The van der Waals surface area contributed by atoms with E-state index >= 15 is 0 Å². The minimum Gasteiger partial charge on any atom is -0.368 e. The first-order valence-corrected chi connectivity index (χ1v) is 7.44. The lowest BCUT2D eigenvalue weighted by atomic mass is 10.2. The predicted octanol–water partition coefficient (Wildman–Crippen LogP) is 2.49. The molecule has 1 aromatic rings. The van der Waals surface area contributed by atoms with Crippen LogP contribution >= 0.6 is 11.6 Å². The topological polar surface area (TPSA) is 72.1 Å². The van der Waals surface area contributed by atoms with Gasteiger partial charge in [-0.15, -0.1) is 0 Å². The van der Waals surface area contributed by atoms with Crippen LogP contribution in [0.3, 0.4) is 0 Å². The molecule has 0 aromatic carbocycles. The smallest absolute Gasteiger partial charge is 0.237 e. The van der Waals surface area contributed by atoms with Crippen LogP contribution < -0.4 is 10.6 Å². The number of aromatic nitrogens is 2. The van der Waals surface area contributed by atoms with Gasteiger partial charge in [-0.3, -0.25) is 4.79 Å². The lowest BCUT2D eigenvalue weighted by Crippen LogP contribution is -2.41. The fourth-order valence-electron chi connectivity index (χ4n) is 2.61. The average molecular weight is 297 g/mol. The number of nitrogens with zero attached hydrogens (tertiary/aromatic N) is 3. The maximum Gasteiger partial charge on any atom is 0.237 e. The molecule has 1 aromatic heterocycles. The van der Waals surface area contributed by atoms with Crippen LogP contribution in [-0.4, -0.2) is 28.5 Å². The SMILES string of the molecule is CC(C)c1nc(Cl)cc(N(CC(N)=O)C2CCCC2)n1. The van der Waals surface area contributed by atoms with Gasteiger partial charge < -0.3 is 10.6 Å². The van der Waals surface area contributed by atoms with Gasteiger partial charge in [-0.2, -0.15) is 0 Å². The first-order valence-electron chi connectivity index (χ1n) is 7.07. The zero-order valence-electron chi connectivity index (χ0n) is 12.0. The van der Waals surface area contributed by atoms with Gasteiger partial charge in [-0.25, -0.2) is 9.97 Å². The highest BCUT2D eigenvalue weighted by atomic mass is 35.5. The number of amides is 1. The van der Waals surface area contributed by atoms with E-state index in [9.17, 15) is 4.79 Å². The van der Waals surface area contributed by atoms with Crippen LogP contribution in [0.1, 0.15) is 51.3 Å². The van der Waals surface area contributed by atoms with Crippen molar-refractivity contribution >= 4 is 23.3 Å². The molecule has 0 atom stereocenters. The van der Waals surface area contributed by atoms with Gasteiger partial charge in [0.15, 0.2) is 0 Å². The van der Waals surface area contributed by atoms with E-state index < -0.39 is 0 Å². The summed E-state index contributed by atoms with van der Waals surface area (Å²) in [5.41, 5.74) is 5.38. The molecule has 1 aliphatic carbocycles. The van der Waals surface area contributed by atoms with E-state index in [1.165, 1.54) is 12.8 Å². The minimum atomic E-state index is -0.349. The number of halogens is 1. The average Bonchev–Trinajstić information content (AvgIpc) is 2.88. The third-order valence-corrected chi connectivity index (χ3v) is 3.79. The third kappa shape index (κ3) is 3.60. The van der Waals surface area contributed by atoms with Gasteiger partial charge >= 0.3 is 0 Å². The molecule has 0 unspecified atom stereocenters. The molecule has 0 radical (unpaired) electrons. The second-order valence-electron chi connectivity index (χ2n) is 5.59. The van der Waals surface area contributed by atoms with Crippen molar-refractivity contribution in [3.05, 3.63) is 17.0 Å². The largest absolute Gasteiger partial charge is 0.368 e. The van der Waals surface area contributed by atoms with Crippen molar-refractivity contribution in [3.63, 3.8) is 0 Å². The van der Waals surface area contributed by atoms with Gasteiger partial charge in [0.05, 0.1) is 6.54 Å². The molecule has 1 fully saturated rings. The Hall–Kier alpha value is -1.36. The molecule has 0 spiro atoms. The van der Waals surface area contributed by atoms with E-state index in [0.717, 1.165) is 12.8 Å². The number of carbonyl (C=O) groups excluding carboxylic acids is 1. The Bertz CT molecular complexity index is 486. The number of carbonyl (C=O) groups is 1. The van der Waals surface area contributed by atoms with Crippen LogP contribution in [0.2, 0.25) is 5.15 Å². The maximum absolute atomic E-state index is 11.3. The van der Waals surface area contributed by atoms with Crippen molar-refractivity contribution in [3.8, 4) is 0 Å². The van der Waals surface area contributed by atoms with E-state index in [1.54, 1.807) is 6.07 Å². The van der Waals surface area contributed by atoms with Crippen molar-refractivity contribution in [1.82, 2.24) is 9.97 Å². The molecule has 2 N–H and O–H groups in total.